The van der Waals surface area contributed by atoms with Crippen molar-refractivity contribution in [2.75, 3.05) is 0 Å². The van der Waals surface area contributed by atoms with Crippen LogP contribution in [0.15, 0.2) is 48.5 Å². The minimum Gasteiger partial charge on any atom is -0.459 e. The van der Waals surface area contributed by atoms with Crippen molar-refractivity contribution in [1.29, 1.82) is 0 Å². The van der Waals surface area contributed by atoms with Crippen LogP contribution in [0.4, 0.5) is 0 Å². The number of benzene rings is 2. The van der Waals surface area contributed by atoms with E-state index < -0.39 is 5.97 Å². The van der Waals surface area contributed by atoms with Crippen LogP contribution in [0.1, 0.15) is 154 Å². The monoisotopic (exact) mass is 534 g/mol. The summed E-state index contributed by atoms with van der Waals surface area (Å²) in [7, 11) is 0. The van der Waals surface area contributed by atoms with Crippen molar-refractivity contribution < 1.29 is 19.1 Å². The zero-order valence-electron chi connectivity index (χ0n) is 24.6. The smallest absolute Gasteiger partial charge is 0.338 e. The average molecular weight is 535 g/mol. The van der Waals surface area contributed by atoms with Gasteiger partial charge in [-0.05, 0) is 44.4 Å². The fourth-order valence-electron chi connectivity index (χ4n) is 4.83. The molecule has 0 saturated carbocycles. The Labute approximate surface area is 236 Å². The second kappa shape index (κ2) is 19.3. The van der Waals surface area contributed by atoms with E-state index in [1.54, 1.807) is 32.0 Å². The highest BCUT2D eigenvalue weighted by Gasteiger charge is 2.16. The summed E-state index contributed by atoms with van der Waals surface area (Å²) in [6.07, 6.45) is 19.5. The molecule has 39 heavy (non-hydrogen) atoms. The Morgan fingerprint density at radius 1 is 0.615 bits per heavy atom. The predicted octanol–water partition coefficient (Wildman–Crippen LogP) is 9.73. The molecule has 0 aliphatic carbocycles. The molecule has 0 aromatic heterocycles. The van der Waals surface area contributed by atoms with E-state index in [0.29, 0.717) is 16.7 Å². The van der Waals surface area contributed by atoms with Crippen LogP contribution in [0.3, 0.4) is 0 Å². The second-order valence-electron chi connectivity index (χ2n) is 11.1. The standard InChI is InChI=1S/C35H50O4/c1-4-5-6-7-8-9-10-11-12-13-14-15-16-17-19-29-22-24-30(25-23-29)33(36)27-34(37)31-20-18-21-32(26-31)35(38)39-28(2)3/h18,20-26,28H,4-17,19,27H2,1-3H3. The van der Waals surface area contributed by atoms with Crippen LogP contribution < -0.4 is 0 Å². The van der Waals surface area contributed by atoms with E-state index in [4.69, 9.17) is 4.74 Å². The van der Waals surface area contributed by atoms with Gasteiger partial charge in [-0.2, -0.15) is 0 Å². The first-order valence-electron chi connectivity index (χ1n) is 15.4. The van der Waals surface area contributed by atoms with Crippen molar-refractivity contribution in [2.24, 2.45) is 0 Å². The van der Waals surface area contributed by atoms with Crippen molar-refractivity contribution in [2.45, 2.75) is 130 Å². The van der Waals surface area contributed by atoms with Gasteiger partial charge in [-0.3, -0.25) is 9.59 Å². The lowest BCUT2D eigenvalue weighted by Crippen LogP contribution is -2.13. The molecule has 2 aromatic carbocycles. The average Bonchev–Trinajstić information content (AvgIpc) is 2.93. The molecule has 0 bridgehead atoms. The quantitative estimate of drug-likeness (QED) is 0.0692. The third-order valence-electron chi connectivity index (χ3n) is 7.18. The molecular formula is C35H50O4. The first-order valence-corrected chi connectivity index (χ1v) is 15.4. The fraction of sp³-hybridized carbons (Fsp3) is 0.571. The Kier molecular flexibility index (Phi) is 16.1. The van der Waals surface area contributed by atoms with Crippen molar-refractivity contribution in [3.8, 4) is 0 Å². The Hall–Kier alpha value is -2.75. The highest BCUT2D eigenvalue weighted by molar-refractivity contribution is 6.14. The number of carbonyl (C=O) groups is 3. The van der Waals surface area contributed by atoms with E-state index in [0.717, 1.165) is 6.42 Å². The van der Waals surface area contributed by atoms with Crippen LogP contribution in [0.25, 0.3) is 0 Å². The van der Waals surface area contributed by atoms with Crippen LogP contribution >= 0.6 is 0 Å². The predicted molar refractivity (Wildman–Crippen MR) is 161 cm³/mol. The SMILES string of the molecule is CCCCCCCCCCCCCCCCc1ccc(C(=O)CC(=O)c2cccc(C(=O)OC(C)C)c2)cc1. The number of hydrogen-bond acceptors (Lipinski definition) is 4. The van der Waals surface area contributed by atoms with Gasteiger partial charge in [0, 0.05) is 11.1 Å². The summed E-state index contributed by atoms with van der Waals surface area (Å²) >= 11 is 0. The molecule has 0 radical (unpaired) electrons. The maximum atomic E-state index is 12.7. The minimum absolute atomic E-state index is 0.210. The summed E-state index contributed by atoms with van der Waals surface area (Å²) in [6, 6.07) is 14.0. The molecule has 0 saturated heterocycles. The summed E-state index contributed by atoms with van der Waals surface area (Å²) in [5.74, 6) is -0.982. The van der Waals surface area contributed by atoms with E-state index in [1.807, 2.05) is 24.3 Å². The van der Waals surface area contributed by atoms with Crippen LogP contribution in [-0.2, 0) is 11.2 Å². The Morgan fingerprint density at radius 2 is 1.10 bits per heavy atom. The Bertz CT molecular complexity index is 990. The highest BCUT2D eigenvalue weighted by Crippen LogP contribution is 2.16. The lowest BCUT2D eigenvalue weighted by atomic mass is 9.98. The molecule has 4 heteroatoms. The van der Waals surface area contributed by atoms with Gasteiger partial charge in [0.05, 0.1) is 18.1 Å². The molecule has 0 atom stereocenters. The van der Waals surface area contributed by atoms with Crippen LogP contribution in [0.5, 0.6) is 0 Å². The van der Waals surface area contributed by atoms with Gasteiger partial charge < -0.3 is 4.74 Å². The fourth-order valence-corrected chi connectivity index (χ4v) is 4.83. The molecule has 4 nitrogen and oxygen atoms in total. The lowest BCUT2D eigenvalue weighted by molar-refractivity contribution is 0.0377. The summed E-state index contributed by atoms with van der Waals surface area (Å²) in [5.41, 5.74) is 2.43. The van der Waals surface area contributed by atoms with Gasteiger partial charge in [-0.15, -0.1) is 0 Å². The molecule has 0 fully saturated rings. The van der Waals surface area contributed by atoms with Crippen LogP contribution in [0, 0.1) is 0 Å². The van der Waals surface area contributed by atoms with Crippen LogP contribution in [-0.4, -0.2) is 23.6 Å². The molecule has 2 aromatic rings. The van der Waals surface area contributed by atoms with Gasteiger partial charge in [0.25, 0.3) is 0 Å². The van der Waals surface area contributed by atoms with Crippen molar-refractivity contribution in [3.63, 3.8) is 0 Å². The third kappa shape index (κ3) is 13.7. The molecule has 0 spiro atoms. The molecule has 0 heterocycles. The zero-order chi connectivity index (χ0) is 28.3. The number of Topliss-reactive ketones (excluding diaryl/α,β-unsaturated/α-hetero) is 2. The zero-order valence-corrected chi connectivity index (χ0v) is 24.6. The van der Waals surface area contributed by atoms with Gasteiger partial charge in [0.2, 0.25) is 0 Å². The Morgan fingerprint density at radius 3 is 1.64 bits per heavy atom. The van der Waals surface area contributed by atoms with Gasteiger partial charge in [0.15, 0.2) is 11.6 Å². The first kappa shape index (κ1) is 32.5. The van der Waals surface area contributed by atoms with Crippen molar-refractivity contribution in [1.82, 2.24) is 0 Å². The van der Waals surface area contributed by atoms with Gasteiger partial charge in [-0.25, -0.2) is 4.79 Å². The topological polar surface area (TPSA) is 60.4 Å². The Balaban J connectivity index is 1.61. The number of rotatable bonds is 21. The largest absolute Gasteiger partial charge is 0.459 e. The minimum atomic E-state index is -0.472. The second-order valence-corrected chi connectivity index (χ2v) is 11.1. The molecule has 0 unspecified atom stereocenters. The van der Waals surface area contributed by atoms with E-state index >= 15 is 0 Å². The summed E-state index contributed by atoms with van der Waals surface area (Å²) in [6.45, 7) is 5.82. The first-order chi connectivity index (χ1) is 18.9. The molecular weight excluding hydrogens is 484 g/mol. The third-order valence-corrected chi connectivity index (χ3v) is 7.18. The lowest BCUT2D eigenvalue weighted by Gasteiger charge is -2.09. The highest BCUT2D eigenvalue weighted by atomic mass is 16.5. The van der Waals surface area contributed by atoms with E-state index in [9.17, 15) is 14.4 Å². The molecule has 214 valence electrons. The summed E-state index contributed by atoms with van der Waals surface area (Å²) in [4.78, 5) is 37.5. The van der Waals surface area contributed by atoms with Gasteiger partial charge >= 0.3 is 5.97 Å². The molecule has 2 rings (SSSR count). The molecule has 0 aliphatic rings. The molecule has 0 amide bonds. The van der Waals surface area contributed by atoms with E-state index in [1.165, 1.54) is 102 Å². The number of ether oxygens (including phenoxy) is 1. The number of ketones is 2. The van der Waals surface area contributed by atoms with E-state index in [-0.39, 0.29) is 24.1 Å². The number of esters is 1. The normalized spacial score (nSPS) is 11.1. The molecule has 0 aliphatic heterocycles. The summed E-state index contributed by atoms with van der Waals surface area (Å²) in [5, 5.41) is 0. The number of unbranched alkanes of at least 4 members (excludes halogenated alkanes) is 13. The van der Waals surface area contributed by atoms with Crippen molar-refractivity contribution in [3.05, 3.63) is 70.8 Å². The number of aryl methyl sites for hydroxylation is 1. The van der Waals surface area contributed by atoms with Gasteiger partial charge in [-0.1, -0.05) is 127 Å². The van der Waals surface area contributed by atoms with Gasteiger partial charge in [0.1, 0.15) is 0 Å². The summed E-state index contributed by atoms with van der Waals surface area (Å²) < 4.78 is 5.20. The van der Waals surface area contributed by atoms with Crippen molar-refractivity contribution >= 4 is 17.5 Å². The number of carbonyl (C=O) groups excluding carboxylic acids is 3. The van der Waals surface area contributed by atoms with Crippen LogP contribution in [0.2, 0.25) is 0 Å². The molecule has 0 N–H and O–H groups in total. The maximum Gasteiger partial charge on any atom is 0.338 e. The maximum absolute atomic E-state index is 12.7. The van der Waals surface area contributed by atoms with E-state index in [2.05, 4.69) is 6.92 Å². The number of hydrogen-bond donors (Lipinski definition) is 0.